The van der Waals surface area contributed by atoms with Crippen LogP contribution in [-0.4, -0.2) is 10.2 Å². The van der Waals surface area contributed by atoms with Gasteiger partial charge in [0.05, 0.1) is 11.4 Å². The SMILES string of the molecule is Oc1cc(-c2ccc(NC3=CCCCC3)c(O)c2)ccc1NC1=CCCCC1. The van der Waals surface area contributed by atoms with Crippen molar-refractivity contribution in [3.05, 3.63) is 59.9 Å². The van der Waals surface area contributed by atoms with Crippen LogP contribution in [0.2, 0.25) is 0 Å². The Hall–Kier alpha value is -2.88. The molecule has 0 aliphatic heterocycles. The molecule has 4 heteroatoms. The number of allylic oxidation sites excluding steroid dienone is 4. The van der Waals surface area contributed by atoms with Crippen LogP contribution in [0, 0.1) is 0 Å². The summed E-state index contributed by atoms with van der Waals surface area (Å²) in [6.07, 6.45) is 13.5. The van der Waals surface area contributed by atoms with E-state index < -0.39 is 0 Å². The van der Waals surface area contributed by atoms with Gasteiger partial charge in [0.1, 0.15) is 11.5 Å². The average Bonchev–Trinajstić information content (AvgIpc) is 2.72. The molecule has 4 N–H and O–H groups in total. The highest BCUT2D eigenvalue weighted by molar-refractivity contribution is 5.75. The van der Waals surface area contributed by atoms with E-state index in [9.17, 15) is 10.2 Å². The van der Waals surface area contributed by atoms with Gasteiger partial charge in [-0.15, -0.1) is 0 Å². The van der Waals surface area contributed by atoms with Crippen molar-refractivity contribution in [1.29, 1.82) is 0 Å². The number of anilines is 2. The van der Waals surface area contributed by atoms with Crippen molar-refractivity contribution in [3.8, 4) is 22.6 Å². The lowest BCUT2D eigenvalue weighted by molar-refractivity contribution is 0.476. The average molecular weight is 377 g/mol. The number of aromatic hydroxyl groups is 2. The first-order valence-corrected chi connectivity index (χ1v) is 10.3. The van der Waals surface area contributed by atoms with Crippen molar-refractivity contribution >= 4 is 11.4 Å². The number of nitrogens with one attached hydrogen (secondary N) is 2. The van der Waals surface area contributed by atoms with E-state index in [1.54, 1.807) is 12.1 Å². The molecular weight excluding hydrogens is 348 g/mol. The summed E-state index contributed by atoms with van der Waals surface area (Å²) in [5, 5.41) is 27.6. The first kappa shape index (κ1) is 18.5. The molecule has 0 fully saturated rings. The van der Waals surface area contributed by atoms with Crippen LogP contribution < -0.4 is 10.6 Å². The topological polar surface area (TPSA) is 64.5 Å². The van der Waals surface area contributed by atoms with E-state index in [0.717, 1.165) is 48.2 Å². The number of rotatable bonds is 5. The number of hydrogen-bond donors (Lipinski definition) is 4. The summed E-state index contributed by atoms with van der Waals surface area (Å²) in [7, 11) is 0. The predicted octanol–water partition coefficient (Wildman–Crippen LogP) is 6.50. The van der Waals surface area contributed by atoms with Gasteiger partial charge in [0.2, 0.25) is 0 Å². The minimum Gasteiger partial charge on any atom is -0.506 e. The second-order valence-electron chi connectivity index (χ2n) is 7.66. The third-order valence-electron chi connectivity index (χ3n) is 5.50. The molecular formula is C24H28N2O2. The second kappa shape index (κ2) is 8.42. The van der Waals surface area contributed by atoms with E-state index in [1.807, 2.05) is 24.3 Å². The highest BCUT2D eigenvalue weighted by Crippen LogP contribution is 2.35. The Morgan fingerprint density at radius 1 is 0.607 bits per heavy atom. The number of phenols is 2. The van der Waals surface area contributed by atoms with Gasteiger partial charge in [-0.2, -0.15) is 0 Å². The fourth-order valence-electron chi connectivity index (χ4n) is 3.88. The molecule has 0 bridgehead atoms. The van der Waals surface area contributed by atoms with Crippen molar-refractivity contribution in [2.45, 2.75) is 51.4 Å². The number of phenolic OH excluding ortho intramolecular Hbond substituents is 2. The Bertz CT molecular complexity index is 839. The largest absolute Gasteiger partial charge is 0.506 e. The molecule has 4 nitrogen and oxygen atoms in total. The van der Waals surface area contributed by atoms with Crippen molar-refractivity contribution in [2.24, 2.45) is 0 Å². The second-order valence-corrected chi connectivity index (χ2v) is 7.66. The third kappa shape index (κ3) is 4.33. The molecule has 2 aliphatic carbocycles. The van der Waals surface area contributed by atoms with Crippen LogP contribution in [0.1, 0.15) is 51.4 Å². The lowest BCUT2D eigenvalue weighted by Crippen LogP contribution is -2.03. The van der Waals surface area contributed by atoms with E-state index in [4.69, 9.17) is 0 Å². The lowest BCUT2D eigenvalue weighted by Gasteiger charge is -2.17. The maximum absolute atomic E-state index is 10.5. The van der Waals surface area contributed by atoms with E-state index in [2.05, 4.69) is 22.8 Å². The highest BCUT2D eigenvalue weighted by atomic mass is 16.3. The summed E-state index contributed by atoms with van der Waals surface area (Å²) in [6, 6.07) is 11.2. The van der Waals surface area contributed by atoms with Gasteiger partial charge in [0, 0.05) is 11.4 Å². The van der Waals surface area contributed by atoms with E-state index in [0.29, 0.717) is 0 Å². The van der Waals surface area contributed by atoms with Gasteiger partial charge in [0.25, 0.3) is 0 Å². The quantitative estimate of drug-likeness (QED) is 0.450. The molecule has 2 aliphatic rings. The summed E-state index contributed by atoms with van der Waals surface area (Å²) in [5.74, 6) is 0.441. The first-order chi connectivity index (χ1) is 13.7. The Kier molecular flexibility index (Phi) is 5.56. The molecule has 0 spiro atoms. The summed E-state index contributed by atoms with van der Waals surface area (Å²) in [6.45, 7) is 0. The summed E-state index contributed by atoms with van der Waals surface area (Å²) >= 11 is 0. The number of hydrogen-bond acceptors (Lipinski definition) is 4. The molecule has 0 saturated heterocycles. The zero-order valence-corrected chi connectivity index (χ0v) is 16.2. The van der Waals surface area contributed by atoms with Crippen LogP contribution in [0.5, 0.6) is 11.5 Å². The molecule has 4 rings (SSSR count). The smallest absolute Gasteiger partial charge is 0.139 e. The van der Waals surface area contributed by atoms with Crippen LogP contribution >= 0.6 is 0 Å². The van der Waals surface area contributed by atoms with Gasteiger partial charge < -0.3 is 20.8 Å². The predicted molar refractivity (Wildman–Crippen MR) is 116 cm³/mol. The maximum Gasteiger partial charge on any atom is 0.139 e. The Morgan fingerprint density at radius 3 is 1.43 bits per heavy atom. The van der Waals surface area contributed by atoms with E-state index >= 15 is 0 Å². The molecule has 0 amide bonds. The van der Waals surface area contributed by atoms with Gasteiger partial charge in [-0.25, -0.2) is 0 Å². The molecule has 0 radical (unpaired) electrons. The van der Waals surface area contributed by atoms with Gasteiger partial charge in [-0.05, 0) is 86.8 Å². The first-order valence-electron chi connectivity index (χ1n) is 10.3. The molecule has 0 aromatic heterocycles. The minimum absolute atomic E-state index is 0.220. The monoisotopic (exact) mass is 376 g/mol. The zero-order chi connectivity index (χ0) is 19.3. The minimum atomic E-state index is 0.220. The molecule has 0 heterocycles. The molecule has 146 valence electrons. The Labute approximate surface area is 166 Å². The zero-order valence-electron chi connectivity index (χ0n) is 16.2. The maximum atomic E-state index is 10.5. The molecule has 0 unspecified atom stereocenters. The third-order valence-corrected chi connectivity index (χ3v) is 5.50. The lowest BCUT2D eigenvalue weighted by atomic mass is 10.0. The summed E-state index contributed by atoms with van der Waals surface area (Å²) in [4.78, 5) is 0. The van der Waals surface area contributed by atoms with Gasteiger partial charge in [-0.1, -0.05) is 24.3 Å². The number of benzene rings is 2. The molecule has 2 aromatic rings. The van der Waals surface area contributed by atoms with Crippen LogP contribution in [0.25, 0.3) is 11.1 Å². The Morgan fingerprint density at radius 2 is 1.07 bits per heavy atom. The highest BCUT2D eigenvalue weighted by Gasteiger charge is 2.11. The van der Waals surface area contributed by atoms with E-state index in [-0.39, 0.29) is 11.5 Å². The van der Waals surface area contributed by atoms with Crippen molar-refractivity contribution < 1.29 is 10.2 Å². The summed E-state index contributed by atoms with van der Waals surface area (Å²) in [5.41, 5.74) is 5.56. The van der Waals surface area contributed by atoms with E-state index in [1.165, 1.54) is 37.1 Å². The van der Waals surface area contributed by atoms with Crippen LogP contribution in [0.15, 0.2) is 59.9 Å². The van der Waals surface area contributed by atoms with Crippen LogP contribution in [0.3, 0.4) is 0 Å². The molecule has 0 atom stereocenters. The normalized spacial score (nSPS) is 16.9. The summed E-state index contributed by atoms with van der Waals surface area (Å²) < 4.78 is 0. The van der Waals surface area contributed by atoms with Crippen LogP contribution in [0.4, 0.5) is 11.4 Å². The van der Waals surface area contributed by atoms with Crippen molar-refractivity contribution in [3.63, 3.8) is 0 Å². The Balaban J connectivity index is 1.50. The van der Waals surface area contributed by atoms with Gasteiger partial charge in [0.15, 0.2) is 0 Å². The van der Waals surface area contributed by atoms with Gasteiger partial charge >= 0.3 is 0 Å². The van der Waals surface area contributed by atoms with Crippen LogP contribution in [-0.2, 0) is 0 Å². The molecule has 28 heavy (non-hydrogen) atoms. The standard InChI is InChI=1S/C24H28N2O2/c27-23-15-17(11-13-21(23)25-19-7-3-1-4-8-19)18-12-14-22(24(28)16-18)26-20-9-5-2-6-10-20/h7,9,11-16,25-28H,1-6,8,10H2. The van der Waals surface area contributed by atoms with Crippen molar-refractivity contribution in [2.75, 3.05) is 10.6 Å². The van der Waals surface area contributed by atoms with Gasteiger partial charge in [-0.3, -0.25) is 0 Å². The molecule has 2 aromatic carbocycles. The fourth-order valence-corrected chi connectivity index (χ4v) is 3.88. The fraction of sp³-hybridized carbons (Fsp3) is 0.333. The van der Waals surface area contributed by atoms with Crippen molar-refractivity contribution in [1.82, 2.24) is 0 Å². The molecule has 0 saturated carbocycles.